The van der Waals surface area contributed by atoms with Gasteiger partial charge in [0, 0.05) is 20.3 Å². The molecular formula is C12H26O9. The van der Waals surface area contributed by atoms with Crippen molar-refractivity contribution in [3.63, 3.8) is 0 Å². The fourth-order valence-corrected chi connectivity index (χ4v) is 0.386. The van der Waals surface area contributed by atoms with Crippen molar-refractivity contribution in [1.82, 2.24) is 0 Å². The topological polar surface area (TPSA) is 173 Å². The van der Waals surface area contributed by atoms with Crippen molar-refractivity contribution in [2.24, 2.45) is 0 Å². The van der Waals surface area contributed by atoms with Crippen LogP contribution in [0.15, 0.2) is 0 Å². The maximum atomic E-state index is 9.76. The van der Waals surface area contributed by atoms with E-state index in [4.69, 9.17) is 40.2 Å². The number of unbranched alkanes of at least 4 members (excludes halogenated alkanes) is 1. The smallest absolute Gasteiger partial charge is 0.303 e. The summed E-state index contributed by atoms with van der Waals surface area (Å²) in [5.41, 5.74) is 0. The van der Waals surface area contributed by atoms with Crippen LogP contribution in [0.2, 0.25) is 0 Å². The molecule has 0 bridgehead atoms. The zero-order valence-electron chi connectivity index (χ0n) is 12.5. The van der Waals surface area contributed by atoms with E-state index in [-0.39, 0.29) is 13.2 Å². The van der Waals surface area contributed by atoms with Crippen molar-refractivity contribution in [3.8, 4) is 0 Å². The monoisotopic (exact) mass is 314 g/mol. The molecule has 6 N–H and O–H groups in total. The molecular weight excluding hydrogens is 288 g/mol. The first kappa shape index (κ1) is 27.6. The summed E-state index contributed by atoms with van der Waals surface area (Å²) in [5.74, 6) is -2.36. The van der Waals surface area contributed by atoms with E-state index in [2.05, 4.69) is 0 Å². The minimum absolute atomic E-state index is 0.316. The molecule has 0 radical (unpaired) electrons. The predicted molar refractivity (Wildman–Crippen MR) is 74.0 cm³/mol. The molecule has 9 nitrogen and oxygen atoms in total. The van der Waals surface area contributed by atoms with Gasteiger partial charge in [0.05, 0.1) is 13.2 Å². The molecule has 0 spiro atoms. The Hall–Kier alpha value is -1.71. The van der Waals surface area contributed by atoms with Gasteiger partial charge in [-0.3, -0.25) is 14.4 Å². The molecule has 0 heterocycles. The van der Waals surface area contributed by atoms with Crippen molar-refractivity contribution in [3.05, 3.63) is 0 Å². The van der Waals surface area contributed by atoms with Crippen LogP contribution in [0, 0.1) is 0 Å². The zero-order chi connectivity index (χ0) is 17.8. The summed E-state index contributed by atoms with van der Waals surface area (Å²) in [6.07, 6.45) is 1.13. The number of hydrogen-bond donors (Lipinski definition) is 6. The third-order valence-electron chi connectivity index (χ3n) is 1.17. The first-order valence-corrected chi connectivity index (χ1v) is 6.05. The molecule has 0 saturated carbocycles. The number of aliphatic carboxylic acids is 3. The van der Waals surface area contributed by atoms with Crippen LogP contribution in [0.25, 0.3) is 0 Å². The van der Waals surface area contributed by atoms with Gasteiger partial charge >= 0.3 is 5.97 Å². The standard InChI is InChI=1S/C5H10O2.C3H8O3.2C2H4O2/c1-2-3-4-5(6)7;4-1-3(6)2-5;2*1-2(3)4/h2-4H2,1H3,(H,6,7);3-6H,1-2H2;2*1H3,(H,3,4). The third kappa shape index (κ3) is 123. The van der Waals surface area contributed by atoms with E-state index in [1.807, 2.05) is 6.92 Å². The van der Waals surface area contributed by atoms with Crippen LogP contribution in [0.4, 0.5) is 0 Å². The number of hydrogen-bond acceptors (Lipinski definition) is 6. The summed E-state index contributed by atoms with van der Waals surface area (Å²) >= 11 is 0. The Morgan fingerprint density at radius 2 is 1.19 bits per heavy atom. The normalized spacial score (nSPS) is 8.14. The van der Waals surface area contributed by atoms with Gasteiger partial charge in [0.15, 0.2) is 0 Å². The highest BCUT2D eigenvalue weighted by molar-refractivity contribution is 5.66. The molecule has 0 aromatic carbocycles. The molecule has 0 rings (SSSR count). The molecule has 0 amide bonds. The summed E-state index contributed by atoms with van der Waals surface area (Å²) < 4.78 is 0. The van der Waals surface area contributed by atoms with E-state index >= 15 is 0 Å². The van der Waals surface area contributed by atoms with Crippen LogP contribution in [-0.4, -0.2) is 67.9 Å². The lowest BCUT2D eigenvalue weighted by atomic mass is 10.3. The third-order valence-corrected chi connectivity index (χ3v) is 1.17. The lowest BCUT2D eigenvalue weighted by molar-refractivity contribution is -0.137. The molecule has 0 unspecified atom stereocenters. The molecule has 9 heteroatoms. The number of aliphatic hydroxyl groups is 3. The number of rotatable bonds is 5. The van der Waals surface area contributed by atoms with Gasteiger partial charge in [-0.15, -0.1) is 0 Å². The van der Waals surface area contributed by atoms with Crippen LogP contribution >= 0.6 is 0 Å². The van der Waals surface area contributed by atoms with Crippen LogP contribution < -0.4 is 0 Å². The first-order chi connectivity index (χ1) is 9.54. The van der Waals surface area contributed by atoms with Crippen LogP contribution in [0.1, 0.15) is 40.0 Å². The quantitative estimate of drug-likeness (QED) is 0.401. The van der Waals surface area contributed by atoms with Gasteiger partial charge in [0.1, 0.15) is 6.10 Å². The van der Waals surface area contributed by atoms with Gasteiger partial charge in [-0.05, 0) is 6.42 Å². The molecule has 0 aliphatic carbocycles. The van der Waals surface area contributed by atoms with Gasteiger partial charge in [-0.25, -0.2) is 0 Å². The molecule has 0 aromatic heterocycles. The summed E-state index contributed by atoms with van der Waals surface area (Å²) in [4.78, 5) is 27.8. The lowest BCUT2D eigenvalue weighted by Crippen LogP contribution is -2.15. The molecule has 0 atom stereocenters. The van der Waals surface area contributed by atoms with E-state index in [1.54, 1.807) is 0 Å². The summed E-state index contributed by atoms with van der Waals surface area (Å²) in [6.45, 7) is 3.41. The highest BCUT2D eigenvalue weighted by Gasteiger charge is 1.93. The minimum atomic E-state index is -0.954. The molecule has 0 fully saturated rings. The summed E-state index contributed by atoms with van der Waals surface area (Å²) in [5, 5.41) is 46.9. The summed E-state index contributed by atoms with van der Waals surface area (Å²) in [6, 6.07) is 0. The number of carboxylic acids is 3. The Labute approximate surface area is 123 Å². The van der Waals surface area contributed by atoms with E-state index in [0.29, 0.717) is 6.42 Å². The molecule has 0 saturated heterocycles. The predicted octanol–water partition coefficient (Wildman–Crippen LogP) is -0.225. The van der Waals surface area contributed by atoms with Gasteiger partial charge in [-0.2, -0.15) is 0 Å². The average Bonchev–Trinajstić information content (AvgIpc) is 2.34. The largest absolute Gasteiger partial charge is 0.481 e. The van der Waals surface area contributed by atoms with Crippen molar-refractivity contribution >= 4 is 17.9 Å². The molecule has 0 aliphatic rings. The van der Waals surface area contributed by atoms with Crippen molar-refractivity contribution < 1.29 is 45.0 Å². The van der Waals surface area contributed by atoms with Gasteiger partial charge in [0.2, 0.25) is 0 Å². The van der Waals surface area contributed by atoms with Gasteiger partial charge < -0.3 is 30.6 Å². The average molecular weight is 314 g/mol. The summed E-state index contributed by atoms with van der Waals surface area (Å²) in [7, 11) is 0. The SMILES string of the molecule is CC(=O)O.CC(=O)O.CCCCC(=O)O.OCC(O)CO. The van der Waals surface area contributed by atoms with Gasteiger partial charge in [0.25, 0.3) is 11.9 Å². The Balaban J connectivity index is -0.0000000948. The number of aliphatic hydroxyl groups excluding tert-OH is 3. The first-order valence-electron chi connectivity index (χ1n) is 6.05. The fourth-order valence-electron chi connectivity index (χ4n) is 0.386. The zero-order valence-corrected chi connectivity index (χ0v) is 12.5. The molecule has 0 aromatic rings. The van der Waals surface area contributed by atoms with E-state index in [9.17, 15) is 4.79 Å². The van der Waals surface area contributed by atoms with Crippen molar-refractivity contribution in [2.45, 2.75) is 46.1 Å². The second-order valence-corrected chi connectivity index (χ2v) is 3.55. The second-order valence-electron chi connectivity index (χ2n) is 3.55. The van der Waals surface area contributed by atoms with E-state index in [0.717, 1.165) is 26.7 Å². The van der Waals surface area contributed by atoms with Crippen molar-refractivity contribution in [2.75, 3.05) is 13.2 Å². The van der Waals surface area contributed by atoms with Crippen molar-refractivity contribution in [1.29, 1.82) is 0 Å². The van der Waals surface area contributed by atoms with E-state index < -0.39 is 24.0 Å². The second kappa shape index (κ2) is 23.4. The highest BCUT2D eigenvalue weighted by atomic mass is 16.4. The van der Waals surface area contributed by atoms with Crippen LogP contribution in [-0.2, 0) is 14.4 Å². The van der Waals surface area contributed by atoms with Gasteiger partial charge in [-0.1, -0.05) is 13.3 Å². The lowest BCUT2D eigenvalue weighted by Gasteiger charge is -1.96. The number of carboxylic acid groups (broad SMARTS) is 3. The van der Waals surface area contributed by atoms with E-state index in [1.165, 1.54) is 0 Å². The Morgan fingerprint density at radius 3 is 1.24 bits per heavy atom. The molecule has 128 valence electrons. The molecule has 21 heavy (non-hydrogen) atoms. The maximum Gasteiger partial charge on any atom is 0.303 e. The highest BCUT2D eigenvalue weighted by Crippen LogP contribution is 1.91. The number of carbonyl (C=O) groups is 3. The molecule has 0 aliphatic heterocycles. The Morgan fingerprint density at radius 1 is 0.905 bits per heavy atom. The minimum Gasteiger partial charge on any atom is -0.481 e. The fraction of sp³-hybridized carbons (Fsp3) is 0.750. The van der Waals surface area contributed by atoms with Crippen LogP contribution in [0.3, 0.4) is 0 Å². The maximum absolute atomic E-state index is 9.76. The Kier molecular flexibility index (Phi) is 30.7. The Bertz CT molecular complexity index is 229. The van der Waals surface area contributed by atoms with Crippen LogP contribution in [0.5, 0.6) is 0 Å².